The second-order valence-corrected chi connectivity index (χ2v) is 6.03. The number of aliphatic hydroxyl groups excluding tert-OH is 1. The average Bonchev–Trinajstić information content (AvgIpc) is 3.01. The predicted octanol–water partition coefficient (Wildman–Crippen LogP) is 1.81. The van der Waals surface area contributed by atoms with Crippen LogP contribution in [-0.2, 0) is 6.54 Å². The quantitative estimate of drug-likeness (QED) is 0.676. The van der Waals surface area contributed by atoms with Gasteiger partial charge in [-0.3, -0.25) is 15.0 Å². The van der Waals surface area contributed by atoms with Gasteiger partial charge >= 0.3 is 5.69 Å². The molecule has 0 spiro atoms. The van der Waals surface area contributed by atoms with Gasteiger partial charge in [-0.1, -0.05) is 6.07 Å². The lowest BCUT2D eigenvalue weighted by Gasteiger charge is -2.18. The number of nitrogens with zero attached hydrogens (tertiary/aromatic N) is 2. The first kappa shape index (κ1) is 14.3. The van der Waals surface area contributed by atoms with Crippen LogP contribution in [0.4, 0.5) is 5.69 Å². The third-order valence-corrected chi connectivity index (χ3v) is 4.74. The van der Waals surface area contributed by atoms with Gasteiger partial charge in [0, 0.05) is 31.6 Å². The topological polar surface area (TPSA) is 75.8 Å². The molecule has 6 nitrogen and oxygen atoms in total. The SMILES string of the molecule is COc1ccc(CN2CC3CCC(O)C3C2)cc1[N+](=O)[O-]. The number of nitro benzene ring substituents is 1. The summed E-state index contributed by atoms with van der Waals surface area (Å²) in [4.78, 5) is 12.9. The second-order valence-electron chi connectivity index (χ2n) is 6.03. The fraction of sp³-hybridized carbons (Fsp3) is 0.600. The third kappa shape index (κ3) is 2.73. The van der Waals surface area contributed by atoms with Crippen LogP contribution >= 0.6 is 0 Å². The molecule has 3 unspecified atom stereocenters. The van der Waals surface area contributed by atoms with E-state index in [2.05, 4.69) is 4.90 Å². The van der Waals surface area contributed by atoms with Gasteiger partial charge in [0.2, 0.25) is 0 Å². The Balaban J connectivity index is 1.71. The van der Waals surface area contributed by atoms with Gasteiger partial charge in [-0.2, -0.15) is 0 Å². The molecule has 1 aliphatic heterocycles. The summed E-state index contributed by atoms with van der Waals surface area (Å²) in [7, 11) is 1.44. The van der Waals surface area contributed by atoms with E-state index in [0.717, 1.165) is 31.5 Å². The van der Waals surface area contributed by atoms with Crippen LogP contribution in [0.2, 0.25) is 0 Å². The molecule has 21 heavy (non-hydrogen) atoms. The van der Waals surface area contributed by atoms with Crippen LogP contribution in [-0.4, -0.2) is 41.2 Å². The van der Waals surface area contributed by atoms with Crippen molar-refractivity contribution in [3.63, 3.8) is 0 Å². The number of rotatable bonds is 4. The van der Waals surface area contributed by atoms with Gasteiger partial charge in [0.1, 0.15) is 0 Å². The number of nitro groups is 1. The van der Waals surface area contributed by atoms with Gasteiger partial charge in [-0.15, -0.1) is 0 Å². The van der Waals surface area contributed by atoms with Crippen LogP contribution in [0.3, 0.4) is 0 Å². The van der Waals surface area contributed by atoms with E-state index in [1.165, 1.54) is 7.11 Å². The smallest absolute Gasteiger partial charge is 0.311 e. The van der Waals surface area contributed by atoms with Crippen LogP contribution in [0.5, 0.6) is 5.75 Å². The lowest BCUT2D eigenvalue weighted by Crippen LogP contribution is -2.24. The summed E-state index contributed by atoms with van der Waals surface area (Å²) in [5.74, 6) is 1.24. The monoisotopic (exact) mass is 292 g/mol. The van der Waals surface area contributed by atoms with E-state index in [-0.39, 0.29) is 17.5 Å². The van der Waals surface area contributed by atoms with Crippen molar-refractivity contribution in [2.45, 2.75) is 25.5 Å². The molecule has 1 aromatic carbocycles. The Kier molecular flexibility index (Phi) is 3.82. The Morgan fingerprint density at radius 1 is 1.43 bits per heavy atom. The number of methoxy groups -OCH3 is 1. The number of fused-ring (bicyclic) bond motifs is 1. The van der Waals surface area contributed by atoms with Crippen molar-refractivity contribution in [2.75, 3.05) is 20.2 Å². The van der Waals surface area contributed by atoms with Crippen molar-refractivity contribution in [1.29, 1.82) is 0 Å². The summed E-state index contributed by atoms with van der Waals surface area (Å²) in [5, 5.41) is 21.0. The summed E-state index contributed by atoms with van der Waals surface area (Å²) < 4.78 is 5.02. The first-order valence-corrected chi connectivity index (χ1v) is 7.30. The maximum atomic E-state index is 11.1. The maximum absolute atomic E-state index is 11.1. The van der Waals surface area contributed by atoms with E-state index in [9.17, 15) is 15.2 Å². The second kappa shape index (κ2) is 5.61. The zero-order chi connectivity index (χ0) is 15.0. The highest BCUT2D eigenvalue weighted by Gasteiger charge is 2.41. The minimum Gasteiger partial charge on any atom is -0.490 e. The van der Waals surface area contributed by atoms with Crippen molar-refractivity contribution >= 4 is 5.69 Å². The van der Waals surface area contributed by atoms with Crippen LogP contribution < -0.4 is 4.74 Å². The Bertz CT molecular complexity index is 548. The van der Waals surface area contributed by atoms with Gasteiger partial charge in [-0.25, -0.2) is 0 Å². The molecule has 6 heteroatoms. The van der Waals surface area contributed by atoms with Crippen LogP contribution in [0.1, 0.15) is 18.4 Å². The van der Waals surface area contributed by atoms with Gasteiger partial charge in [0.05, 0.1) is 18.1 Å². The van der Waals surface area contributed by atoms with Crippen molar-refractivity contribution < 1.29 is 14.8 Å². The van der Waals surface area contributed by atoms with Crippen LogP contribution in [0.25, 0.3) is 0 Å². The number of ether oxygens (including phenoxy) is 1. The molecule has 1 N–H and O–H groups in total. The number of hydrogen-bond donors (Lipinski definition) is 1. The van der Waals surface area contributed by atoms with E-state index < -0.39 is 4.92 Å². The molecule has 0 aromatic heterocycles. The van der Waals surface area contributed by atoms with Crippen molar-refractivity contribution in [1.82, 2.24) is 4.90 Å². The van der Waals surface area contributed by atoms with Crippen molar-refractivity contribution in [3.05, 3.63) is 33.9 Å². The maximum Gasteiger partial charge on any atom is 0.311 e. The lowest BCUT2D eigenvalue weighted by molar-refractivity contribution is -0.385. The Morgan fingerprint density at radius 2 is 2.24 bits per heavy atom. The van der Waals surface area contributed by atoms with E-state index in [1.54, 1.807) is 12.1 Å². The van der Waals surface area contributed by atoms with Crippen LogP contribution in [0.15, 0.2) is 18.2 Å². The molecule has 1 aliphatic carbocycles. The molecular weight excluding hydrogens is 272 g/mol. The fourth-order valence-corrected chi connectivity index (χ4v) is 3.69. The Labute approximate surface area is 123 Å². The zero-order valence-corrected chi connectivity index (χ0v) is 12.1. The van der Waals surface area contributed by atoms with Gasteiger partial charge < -0.3 is 9.84 Å². The molecule has 3 atom stereocenters. The fourth-order valence-electron chi connectivity index (χ4n) is 3.69. The molecule has 1 saturated heterocycles. The number of hydrogen-bond acceptors (Lipinski definition) is 5. The molecule has 0 bridgehead atoms. The van der Waals surface area contributed by atoms with Gasteiger partial charge in [-0.05, 0) is 30.4 Å². The molecule has 1 aromatic rings. The summed E-state index contributed by atoms with van der Waals surface area (Å²) in [6, 6.07) is 5.11. The number of benzene rings is 1. The molecule has 0 radical (unpaired) electrons. The molecule has 1 heterocycles. The highest BCUT2D eigenvalue weighted by Crippen LogP contribution is 2.38. The molecule has 2 fully saturated rings. The highest BCUT2D eigenvalue weighted by atomic mass is 16.6. The largest absolute Gasteiger partial charge is 0.490 e. The Morgan fingerprint density at radius 3 is 2.90 bits per heavy atom. The first-order valence-electron chi connectivity index (χ1n) is 7.30. The molecule has 3 rings (SSSR count). The summed E-state index contributed by atoms with van der Waals surface area (Å²) >= 11 is 0. The third-order valence-electron chi connectivity index (χ3n) is 4.74. The lowest BCUT2D eigenvalue weighted by atomic mass is 10.00. The van der Waals surface area contributed by atoms with Crippen LogP contribution in [0, 0.1) is 22.0 Å². The van der Waals surface area contributed by atoms with Crippen molar-refractivity contribution in [2.24, 2.45) is 11.8 Å². The predicted molar refractivity (Wildman–Crippen MR) is 77.1 cm³/mol. The van der Waals surface area contributed by atoms with E-state index in [4.69, 9.17) is 4.74 Å². The number of aliphatic hydroxyl groups is 1. The first-order chi connectivity index (χ1) is 10.1. The highest BCUT2D eigenvalue weighted by molar-refractivity contribution is 5.48. The standard InChI is InChI=1S/C15H20N2O4/c1-21-15-5-2-10(6-13(15)17(19)20)7-16-8-11-3-4-14(18)12(11)9-16/h2,5-6,11-12,14,18H,3-4,7-9H2,1H3. The summed E-state index contributed by atoms with van der Waals surface area (Å²) in [6.45, 7) is 2.54. The zero-order valence-electron chi connectivity index (χ0n) is 12.1. The normalized spacial score (nSPS) is 28.6. The van der Waals surface area contributed by atoms with E-state index in [0.29, 0.717) is 18.4 Å². The minimum absolute atomic E-state index is 0.00873. The summed E-state index contributed by atoms with van der Waals surface area (Å²) in [5.41, 5.74) is 0.923. The van der Waals surface area contributed by atoms with Gasteiger partial charge in [0.25, 0.3) is 0 Å². The Hall–Kier alpha value is -1.66. The molecule has 2 aliphatic rings. The van der Waals surface area contributed by atoms with Gasteiger partial charge in [0.15, 0.2) is 5.75 Å². The molecule has 114 valence electrons. The molecule has 0 amide bonds. The van der Waals surface area contributed by atoms with E-state index in [1.807, 2.05) is 6.07 Å². The summed E-state index contributed by atoms with van der Waals surface area (Å²) in [6.07, 6.45) is 1.83. The average molecular weight is 292 g/mol. The van der Waals surface area contributed by atoms with E-state index >= 15 is 0 Å². The number of likely N-dealkylation sites (tertiary alicyclic amines) is 1. The molecular formula is C15H20N2O4. The molecule has 1 saturated carbocycles. The minimum atomic E-state index is -0.412. The van der Waals surface area contributed by atoms with Crippen molar-refractivity contribution in [3.8, 4) is 5.75 Å².